The summed E-state index contributed by atoms with van der Waals surface area (Å²) in [7, 11) is 1.71. The van der Waals surface area contributed by atoms with Crippen LogP contribution in [0.3, 0.4) is 0 Å². The van der Waals surface area contributed by atoms with Crippen molar-refractivity contribution in [3.05, 3.63) is 30.5 Å². The minimum atomic E-state index is 0.597. The topological polar surface area (TPSA) is 25.4 Å². The first-order chi connectivity index (χ1) is 10.2. The van der Waals surface area contributed by atoms with Gasteiger partial charge in [-0.15, -0.1) is 0 Å². The van der Waals surface area contributed by atoms with Crippen molar-refractivity contribution in [1.29, 1.82) is 0 Å². The number of pyridine rings is 1. The van der Waals surface area contributed by atoms with Crippen molar-refractivity contribution >= 4 is 32.5 Å². The maximum absolute atomic E-state index is 5.36. The largest absolute Gasteiger partial charge is 0.497 e. The van der Waals surface area contributed by atoms with Crippen LogP contribution >= 0.6 is 15.9 Å². The van der Waals surface area contributed by atoms with E-state index in [4.69, 9.17) is 4.74 Å². The molecular formula is C17H21BrN2O. The van der Waals surface area contributed by atoms with Crippen molar-refractivity contribution in [1.82, 2.24) is 4.98 Å². The summed E-state index contributed by atoms with van der Waals surface area (Å²) >= 11 is 3.72. The van der Waals surface area contributed by atoms with Gasteiger partial charge in [0.25, 0.3) is 0 Å². The number of anilines is 1. The lowest BCUT2D eigenvalue weighted by atomic mass is 9.94. The predicted octanol–water partition coefficient (Wildman–Crippen LogP) is 4.24. The smallest absolute Gasteiger partial charge is 0.136 e. The third kappa shape index (κ3) is 3.00. The lowest BCUT2D eigenvalue weighted by Crippen LogP contribution is -2.36. The fraction of sp³-hybridized carbons (Fsp3) is 0.471. The van der Waals surface area contributed by atoms with E-state index >= 15 is 0 Å². The number of hydrogen-bond acceptors (Lipinski definition) is 3. The number of halogens is 1. The van der Waals surface area contributed by atoms with Crippen molar-refractivity contribution in [3.63, 3.8) is 0 Å². The van der Waals surface area contributed by atoms with Gasteiger partial charge >= 0.3 is 0 Å². The molecule has 0 aliphatic carbocycles. The SMILES string of the molecule is COc1ccc2ccnc(N3CCC(C(C)Br)CC3)c2c1. The number of hydrogen-bond donors (Lipinski definition) is 0. The van der Waals surface area contributed by atoms with Gasteiger partial charge in [-0.25, -0.2) is 4.98 Å². The van der Waals surface area contributed by atoms with E-state index in [0.29, 0.717) is 4.83 Å². The van der Waals surface area contributed by atoms with E-state index < -0.39 is 0 Å². The number of benzene rings is 1. The number of nitrogens with zero attached hydrogens (tertiary/aromatic N) is 2. The molecule has 3 nitrogen and oxygen atoms in total. The zero-order valence-electron chi connectivity index (χ0n) is 12.6. The summed E-state index contributed by atoms with van der Waals surface area (Å²) in [4.78, 5) is 7.64. The molecule has 1 unspecified atom stereocenters. The third-order valence-electron chi connectivity index (χ3n) is 4.44. The Morgan fingerprint density at radius 2 is 2.05 bits per heavy atom. The van der Waals surface area contributed by atoms with Crippen LogP contribution in [0.25, 0.3) is 10.8 Å². The van der Waals surface area contributed by atoms with E-state index in [2.05, 4.69) is 50.9 Å². The van der Waals surface area contributed by atoms with Crippen LogP contribution in [0.1, 0.15) is 19.8 Å². The first-order valence-electron chi connectivity index (χ1n) is 7.51. The minimum absolute atomic E-state index is 0.597. The predicted molar refractivity (Wildman–Crippen MR) is 91.6 cm³/mol. The van der Waals surface area contributed by atoms with Gasteiger partial charge in [0.05, 0.1) is 7.11 Å². The molecule has 3 rings (SSSR count). The van der Waals surface area contributed by atoms with Gasteiger partial charge in [0.15, 0.2) is 0 Å². The van der Waals surface area contributed by atoms with Crippen LogP contribution in [0.15, 0.2) is 30.5 Å². The Kier molecular flexibility index (Phi) is 4.34. The number of fused-ring (bicyclic) bond motifs is 1. The van der Waals surface area contributed by atoms with Crippen LogP contribution in [0, 0.1) is 5.92 Å². The van der Waals surface area contributed by atoms with Gasteiger partial charge in [0.1, 0.15) is 11.6 Å². The van der Waals surface area contributed by atoms with Gasteiger partial charge in [-0.05, 0) is 42.3 Å². The number of ether oxygens (including phenoxy) is 1. The minimum Gasteiger partial charge on any atom is -0.497 e. The number of rotatable bonds is 3. The van der Waals surface area contributed by atoms with E-state index in [1.165, 1.54) is 23.6 Å². The zero-order valence-corrected chi connectivity index (χ0v) is 14.1. The Balaban J connectivity index is 1.90. The number of aromatic nitrogens is 1. The monoisotopic (exact) mass is 348 g/mol. The number of piperidine rings is 1. The molecule has 1 aliphatic rings. The van der Waals surface area contributed by atoms with E-state index in [1.807, 2.05) is 12.3 Å². The van der Waals surface area contributed by atoms with Crippen LogP contribution in [0.5, 0.6) is 5.75 Å². The molecule has 0 radical (unpaired) electrons. The molecule has 1 aromatic heterocycles. The van der Waals surface area contributed by atoms with Gasteiger partial charge < -0.3 is 9.64 Å². The molecule has 1 saturated heterocycles. The lowest BCUT2D eigenvalue weighted by molar-refractivity contribution is 0.406. The summed E-state index contributed by atoms with van der Waals surface area (Å²) in [5.74, 6) is 2.75. The zero-order chi connectivity index (χ0) is 14.8. The average Bonchev–Trinajstić information content (AvgIpc) is 2.54. The van der Waals surface area contributed by atoms with Crippen molar-refractivity contribution in [2.24, 2.45) is 5.92 Å². The highest BCUT2D eigenvalue weighted by atomic mass is 79.9. The van der Waals surface area contributed by atoms with Crippen LogP contribution < -0.4 is 9.64 Å². The molecule has 0 bridgehead atoms. The normalized spacial score (nSPS) is 18.0. The molecule has 0 saturated carbocycles. The fourth-order valence-corrected chi connectivity index (χ4v) is 3.61. The van der Waals surface area contributed by atoms with Crippen molar-refractivity contribution in [2.45, 2.75) is 24.6 Å². The summed E-state index contributed by atoms with van der Waals surface area (Å²) in [5, 5.41) is 2.40. The van der Waals surface area contributed by atoms with Crippen molar-refractivity contribution in [3.8, 4) is 5.75 Å². The van der Waals surface area contributed by atoms with Gasteiger partial charge in [0.2, 0.25) is 0 Å². The summed E-state index contributed by atoms with van der Waals surface area (Å²) in [5.41, 5.74) is 0. The van der Waals surface area contributed by atoms with Gasteiger partial charge in [-0.3, -0.25) is 0 Å². The Bertz CT molecular complexity index is 621. The molecule has 4 heteroatoms. The van der Waals surface area contributed by atoms with Crippen LogP contribution in [-0.2, 0) is 0 Å². The van der Waals surface area contributed by atoms with E-state index in [0.717, 1.165) is 30.6 Å². The molecule has 1 aliphatic heterocycles. The van der Waals surface area contributed by atoms with Gasteiger partial charge in [-0.2, -0.15) is 0 Å². The van der Waals surface area contributed by atoms with E-state index in [-0.39, 0.29) is 0 Å². The van der Waals surface area contributed by atoms with Crippen LogP contribution in [-0.4, -0.2) is 30.0 Å². The van der Waals surface area contributed by atoms with Crippen LogP contribution in [0.2, 0.25) is 0 Å². The summed E-state index contributed by atoms with van der Waals surface area (Å²) in [6, 6.07) is 8.26. The van der Waals surface area contributed by atoms with Gasteiger partial charge in [-0.1, -0.05) is 28.9 Å². The standard InChI is InChI=1S/C17H21BrN2O/c1-12(18)13-6-9-20(10-7-13)17-16-11-15(21-2)4-3-14(16)5-8-19-17/h3-5,8,11-13H,6-7,9-10H2,1-2H3. The maximum atomic E-state index is 5.36. The summed E-state index contributed by atoms with van der Waals surface area (Å²) in [6.07, 6.45) is 4.34. The average molecular weight is 349 g/mol. The second kappa shape index (κ2) is 6.22. The Morgan fingerprint density at radius 1 is 1.29 bits per heavy atom. The highest BCUT2D eigenvalue weighted by Gasteiger charge is 2.24. The lowest BCUT2D eigenvalue weighted by Gasteiger charge is -2.34. The molecule has 1 fully saturated rings. The highest BCUT2D eigenvalue weighted by molar-refractivity contribution is 9.09. The molecule has 1 aromatic carbocycles. The van der Waals surface area contributed by atoms with E-state index in [9.17, 15) is 0 Å². The number of alkyl halides is 1. The highest BCUT2D eigenvalue weighted by Crippen LogP contribution is 2.32. The quantitative estimate of drug-likeness (QED) is 0.775. The first-order valence-corrected chi connectivity index (χ1v) is 8.42. The molecule has 1 atom stereocenters. The molecule has 0 N–H and O–H groups in total. The molecule has 0 amide bonds. The maximum Gasteiger partial charge on any atom is 0.136 e. The second-order valence-corrected chi connectivity index (χ2v) is 7.17. The Morgan fingerprint density at radius 3 is 2.71 bits per heavy atom. The third-order valence-corrected chi connectivity index (χ3v) is 5.19. The molecule has 0 spiro atoms. The Labute approximate surface area is 134 Å². The van der Waals surface area contributed by atoms with Crippen LogP contribution in [0.4, 0.5) is 5.82 Å². The second-order valence-electron chi connectivity index (χ2n) is 5.72. The van der Waals surface area contributed by atoms with Gasteiger partial charge in [0, 0.05) is 29.5 Å². The first kappa shape index (κ1) is 14.6. The molecule has 2 heterocycles. The Hall–Kier alpha value is -1.29. The molecule has 112 valence electrons. The number of methoxy groups -OCH3 is 1. The van der Waals surface area contributed by atoms with Crippen molar-refractivity contribution in [2.75, 3.05) is 25.1 Å². The molecule has 2 aromatic rings. The molecule has 21 heavy (non-hydrogen) atoms. The molecular weight excluding hydrogens is 328 g/mol. The van der Waals surface area contributed by atoms with Crippen molar-refractivity contribution < 1.29 is 4.74 Å². The van der Waals surface area contributed by atoms with E-state index in [1.54, 1.807) is 7.11 Å². The fourth-order valence-electron chi connectivity index (χ4n) is 3.08. The summed E-state index contributed by atoms with van der Waals surface area (Å²) in [6.45, 7) is 4.40. The summed E-state index contributed by atoms with van der Waals surface area (Å²) < 4.78 is 5.36.